The van der Waals surface area contributed by atoms with Gasteiger partial charge in [-0.1, -0.05) is 19.1 Å². The van der Waals surface area contributed by atoms with E-state index in [1.165, 1.54) is 0 Å². The molecule has 0 unspecified atom stereocenters. The first-order chi connectivity index (χ1) is 13.7. The number of rotatable bonds is 5. The lowest BCUT2D eigenvalue weighted by atomic mass is 10.2. The first kappa shape index (κ1) is 17.9. The summed E-state index contributed by atoms with van der Waals surface area (Å²) in [5.41, 5.74) is 3.39. The van der Waals surface area contributed by atoms with Gasteiger partial charge in [-0.3, -0.25) is 9.88 Å². The predicted molar refractivity (Wildman–Crippen MR) is 110 cm³/mol. The molecule has 1 aliphatic rings. The van der Waals surface area contributed by atoms with E-state index in [-0.39, 0.29) is 6.03 Å². The molecule has 0 bridgehead atoms. The number of urea groups is 1. The molecule has 28 heavy (non-hydrogen) atoms. The lowest BCUT2D eigenvalue weighted by Gasteiger charge is -2.27. The number of hydrogen-bond donors (Lipinski definition) is 2. The van der Waals surface area contributed by atoms with Gasteiger partial charge in [0.25, 0.3) is 0 Å². The van der Waals surface area contributed by atoms with Crippen molar-refractivity contribution < 1.29 is 4.79 Å². The molecule has 4 rings (SSSR count). The second-order valence-electron chi connectivity index (χ2n) is 6.55. The van der Waals surface area contributed by atoms with Gasteiger partial charge in [0.05, 0.1) is 0 Å². The Bertz CT molecular complexity index is 976. The number of hydrogen-bond acceptors (Lipinski definition) is 5. The van der Waals surface area contributed by atoms with E-state index in [0.717, 1.165) is 42.1 Å². The molecule has 2 aromatic heterocycles. The number of carbonyl (C=O) groups is 1. The zero-order valence-corrected chi connectivity index (χ0v) is 15.7. The van der Waals surface area contributed by atoms with Gasteiger partial charge in [0.1, 0.15) is 11.5 Å². The summed E-state index contributed by atoms with van der Waals surface area (Å²) in [6.45, 7) is 3.50. The van der Waals surface area contributed by atoms with Gasteiger partial charge in [-0.15, -0.1) is 0 Å². The highest BCUT2D eigenvalue weighted by molar-refractivity contribution is 5.93. The summed E-state index contributed by atoms with van der Waals surface area (Å²) >= 11 is 0. The number of pyridine rings is 1. The third kappa shape index (κ3) is 3.93. The number of carbonyl (C=O) groups excluding carboxylic acids is 1. The minimum Gasteiger partial charge on any atom is -0.340 e. The summed E-state index contributed by atoms with van der Waals surface area (Å²) in [6, 6.07) is 15.4. The van der Waals surface area contributed by atoms with Gasteiger partial charge in [-0.2, -0.15) is 0 Å². The molecule has 0 saturated carbocycles. The van der Waals surface area contributed by atoms with E-state index in [1.807, 2.05) is 48.5 Å². The Hall–Kier alpha value is -3.48. The number of anilines is 3. The van der Waals surface area contributed by atoms with E-state index < -0.39 is 0 Å². The molecule has 0 aliphatic carbocycles. The van der Waals surface area contributed by atoms with Crippen molar-refractivity contribution in [3.63, 3.8) is 0 Å². The van der Waals surface area contributed by atoms with Crippen molar-refractivity contribution in [3.8, 4) is 11.5 Å². The zero-order valence-electron chi connectivity index (χ0n) is 15.7. The lowest BCUT2D eigenvalue weighted by molar-refractivity contribution is 0.243. The molecule has 1 fully saturated rings. The molecule has 7 heteroatoms. The fourth-order valence-electron chi connectivity index (χ4n) is 3.13. The third-order valence-electron chi connectivity index (χ3n) is 4.55. The van der Waals surface area contributed by atoms with Gasteiger partial charge in [0, 0.05) is 42.4 Å². The number of aryl methyl sites for hydroxylation is 1. The maximum Gasteiger partial charge on any atom is 0.321 e. The standard InChI is InChI=1S/C21H22N6O/c1-2-15-14-19(26-20(25-15)18-9-3-4-10-22-18)24-16-7-5-8-17(13-16)27-12-6-11-23-21(27)28/h3-5,7-10,13-14H,2,6,11-12H2,1H3,(H,23,28)(H,24,25,26). The average molecular weight is 374 g/mol. The van der Waals surface area contributed by atoms with Crippen molar-refractivity contribution in [2.45, 2.75) is 19.8 Å². The Morgan fingerprint density at radius 2 is 2.07 bits per heavy atom. The number of benzene rings is 1. The molecule has 0 atom stereocenters. The maximum absolute atomic E-state index is 12.1. The highest BCUT2D eigenvalue weighted by atomic mass is 16.2. The Morgan fingerprint density at radius 1 is 1.14 bits per heavy atom. The Morgan fingerprint density at radius 3 is 2.86 bits per heavy atom. The van der Waals surface area contributed by atoms with Crippen LogP contribution in [0, 0.1) is 0 Å². The van der Waals surface area contributed by atoms with Crippen molar-refractivity contribution in [3.05, 3.63) is 60.4 Å². The zero-order chi connectivity index (χ0) is 19.3. The third-order valence-corrected chi connectivity index (χ3v) is 4.55. The molecule has 0 spiro atoms. The van der Waals surface area contributed by atoms with Crippen LogP contribution in [0.2, 0.25) is 0 Å². The molecular formula is C21H22N6O. The van der Waals surface area contributed by atoms with Crippen LogP contribution < -0.4 is 15.5 Å². The van der Waals surface area contributed by atoms with E-state index in [2.05, 4.69) is 32.5 Å². The first-order valence-corrected chi connectivity index (χ1v) is 9.45. The van der Waals surface area contributed by atoms with Gasteiger partial charge < -0.3 is 10.6 Å². The van der Waals surface area contributed by atoms with Crippen LogP contribution in [0.3, 0.4) is 0 Å². The molecule has 7 nitrogen and oxygen atoms in total. The minimum absolute atomic E-state index is 0.0591. The molecule has 2 amide bonds. The van der Waals surface area contributed by atoms with Crippen molar-refractivity contribution >= 4 is 23.2 Å². The molecule has 1 aliphatic heterocycles. The second kappa shape index (κ2) is 8.04. The summed E-state index contributed by atoms with van der Waals surface area (Å²) in [5.74, 6) is 1.29. The number of amides is 2. The summed E-state index contributed by atoms with van der Waals surface area (Å²) in [6.07, 6.45) is 3.46. The molecule has 3 aromatic rings. The minimum atomic E-state index is -0.0591. The normalized spacial score (nSPS) is 13.9. The van der Waals surface area contributed by atoms with Crippen molar-refractivity contribution in [1.82, 2.24) is 20.3 Å². The average Bonchev–Trinajstić information content (AvgIpc) is 2.74. The predicted octanol–water partition coefficient (Wildman–Crippen LogP) is 3.76. The van der Waals surface area contributed by atoms with Gasteiger partial charge in [0.15, 0.2) is 5.82 Å². The highest BCUT2D eigenvalue weighted by Crippen LogP contribution is 2.24. The summed E-state index contributed by atoms with van der Waals surface area (Å²) in [5, 5.41) is 6.23. The molecule has 0 radical (unpaired) electrons. The molecule has 2 N–H and O–H groups in total. The van der Waals surface area contributed by atoms with Crippen LogP contribution in [-0.2, 0) is 6.42 Å². The fraction of sp³-hybridized carbons (Fsp3) is 0.238. The lowest BCUT2D eigenvalue weighted by Crippen LogP contribution is -2.46. The van der Waals surface area contributed by atoms with Crippen LogP contribution in [0.5, 0.6) is 0 Å². The first-order valence-electron chi connectivity index (χ1n) is 9.45. The second-order valence-corrected chi connectivity index (χ2v) is 6.55. The monoisotopic (exact) mass is 374 g/mol. The van der Waals surface area contributed by atoms with Crippen LogP contribution in [0.1, 0.15) is 19.0 Å². The molecule has 3 heterocycles. The van der Waals surface area contributed by atoms with Crippen LogP contribution in [0.15, 0.2) is 54.7 Å². The largest absolute Gasteiger partial charge is 0.340 e. The van der Waals surface area contributed by atoms with E-state index in [4.69, 9.17) is 0 Å². The molecule has 142 valence electrons. The summed E-state index contributed by atoms with van der Waals surface area (Å²) < 4.78 is 0. The Balaban J connectivity index is 1.62. The van der Waals surface area contributed by atoms with E-state index in [1.54, 1.807) is 11.1 Å². The van der Waals surface area contributed by atoms with Crippen molar-refractivity contribution in [2.75, 3.05) is 23.3 Å². The van der Waals surface area contributed by atoms with Crippen molar-refractivity contribution in [2.24, 2.45) is 0 Å². The van der Waals surface area contributed by atoms with Gasteiger partial charge in [-0.05, 0) is 43.2 Å². The van der Waals surface area contributed by atoms with Gasteiger partial charge >= 0.3 is 6.03 Å². The van der Waals surface area contributed by atoms with E-state index in [0.29, 0.717) is 18.2 Å². The summed E-state index contributed by atoms with van der Waals surface area (Å²) in [4.78, 5) is 27.4. The Kier molecular flexibility index (Phi) is 5.14. The van der Waals surface area contributed by atoms with Gasteiger partial charge in [-0.25, -0.2) is 14.8 Å². The van der Waals surface area contributed by atoms with Crippen LogP contribution in [-0.4, -0.2) is 34.1 Å². The Labute approximate surface area is 163 Å². The topological polar surface area (TPSA) is 83.0 Å². The van der Waals surface area contributed by atoms with Crippen molar-refractivity contribution in [1.29, 1.82) is 0 Å². The van der Waals surface area contributed by atoms with Crippen LogP contribution >= 0.6 is 0 Å². The van der Waals surface area contributed by atoms with Crippen LogP contribution in [0.25, 0.3) is 11.5 Å². The molecular weight excluding hydrogens is 352 g/mol. The van der Waals surface area contributed by atoms with E-state index >= 15 is 0 Å². The smallest absolute Gasteiger partial charge is 0.321 e. The number of nitrogens with one attached hydrogen (secondary N) is 2. The highest BCUT2D eigenvalue weighted by Gasteiger charge is 2.19. The fourth-order valence-corrected chi connectivity index (χ4v) is 3.13. The van der Waals surface area contributed by atoms with E-state index in [9.17, 15) is 4.79 Å². The van der Waals surface area contributed by atoms with Crippen LogP contribution in [0.4, 0.5) is 22.0 Å². The molecule has 1 saturated heterocycles. The molecule has 1 aromatic carbocycles. The number of aromatic nitrogens is 3. The maximum atomic E-state index is 12.1. The summed E-state index contributed by atoms with van der Waals surface area (Å²) in [7, 11) is 0. The SMILES string of the molecule is CCc1cc(Nc2cccc(N3CCCNC3=O)c2)nc(-c2ccccn2)n1. The quantitative estimate of drug-likeness (QED) is 0.710. The number of nitrogens with zero attached hydrogens (tertiary/aromatic N) is 4. The van der Waals surface area contributed by atoms with Gasteiger partial charge in [0.2, 0.25) is 0 Å².